The highest BCUT2D eigenvalue weighted by molar-refractivity contribution is 5.79. The Morgan fingerprint density at radius 3 is 2.89 bits per heavy atom. The Balaban J connectivity index is 1.51. The fourth-order valence-corrected chi connectivity index (χ4v) is 3.88. The molecule has 1 aliphatic rings. The second-order valence-corrected chi connectivity index (χ2v) is 7.65. The number of ether oxygens (including phenoxy) is 1. The fourth-order valence-electron chi connectivity index (χ4n) is 3.88. The monoisotopic (exact) mass is 385 g/mol. The minimum absolute atomic E-state index is 0.788. The minimum Gasteiger partial charge on any atom is -0.381 e. The summed E-state index contributed by atoms with van der Waals surface area (Å²) in [6.07, 6.45) is 4.61. The number of nitrogens with zero attached hydrogens (tertiary/aromatic N) is 4. The molecule has 1 N–H and O–H groups in total. The molecule has 3 rings (SSSR count). The van der Waals surface area contributed by atoms with Gasteiger partial charge in [0.2, 0.25) is 0 Å². The normalized spacial score (nSPS) is 15.9. The number of rotatable bonds is 8. The molecule has 0 radical (unpaired) electrons. The summed E-state index contributed by atoms with van der Waals surface area (Å²) < 4.78 is 7.77. The largest absolute Gasteiger partial charge is 0.381 e. The van der Waals surface area contributed by atoms with E-state index in [-0.39, 0.29) is 0 Å². The van der Waals surface area contributed by atoms with Gasteiger partial charge in [-0.3, -0.25) is 4.99 Å². The van der Waals surface area contributed by atoms with Crippen LogP contribution in [-0.4, -0.2) is 60.3 Å². The Labute approximate surface area is 169 Å². The van der Waals surface area contributed by atoms with Gasteiger partial charge in [-0.2, -0.15) is 0 Å². The summed E-state index contributed by atoms with van der Waals surface area (Å²) in [5.41, 5.74) is 2.29. The third-order valence-electron chi connectivity index (χ3n) is 5.56. The molecule has 1 aromatic carbocycles. The molecule has 0 atom stereocenters. The standard InChI is InChI=1S/C22H35N5O/c1-4-23-22(26(3)15-10-19-11-16-28-17-12-19)24-13-7-14-27-18(2)25-20-8-5-6-9-21(20)27/h5-6,8-9,19H,4,7,10-17H2,1-3H3,(H,23,24). The quantitative estimate of drug-likeness (QED) is 0.430. The minimum atomic E-state index is 0.788. The Kier molecular flexibility index (Phi) is 7.71. The number of nitrogens with one attached hydrogen (secondary N) is 1. The van der Waals surface area contributed by atoms with Gasteiger partial charge in [0.05, 0.1) is 11.0 Å². The van der Waals surface area contributed by atoms with E-state index in [2.05, 4.69) is 58.9 Å². The van der Waals surface area contributed by atoms with Crippen LogP contribution >= 0.6 is 0 Å². The number of benzene rings is 1. The molecule has 0 aliphatic carbocycles. The van der Waals surface area contributed by atoms with Crippen molar-refractivity contribution in [2.45, 2.75) is 46.1 Å². The summed E-state index contributed by atoms with van der Waals surface area (Å²) in [4.78, 5) is 11.8. The van der Waals surface area contributed by atoms with E-state index >= 15 is 0 Å². The molecule has 0 bridgehead atoms. The first-order valence-electron chi connectivity index (χ1n) is 10.7. The van der Waals surface area contributed by atoms with E-state index in [1.165, 1.54) is 24.8 Å². The molecular weight excluding hydrogens is 350 g/mol. The molecule has 28 heavy (non-hydrogen) atoms. The van der Waals surface area contributed by atoms with Gasteiger partial charge in [0, 0.05) is 46.4 Å². The van der Waals surface area contributed by atoms with Gasteiger partial charge in [0.1, 0.15) is 5.82 Å². The molecule has 6 heteroatoms. The second-order valence-electron chi connectivity index (χ2n) is 7.65. The van der Waals surface area contributed by atoms with Gasteiger partial charge in [-0.05, 0) is 57.6 Å². The van der Waals surface area contributed by atoms with E-state index < -0.39 is 0 Å². The smallest absolute Gasteiger partial charge is 0.193 e. The van der Waals surface area contributed by atoms with Gasteiger partial charge in [-0.25, -0.2) is 4.98 Å². The summed E-state index contributed by atoms with van der Waals surface area (Å²) in [6.45, 7) is 9.75. The Hall–Kier alpha value is -2.08. The molecule has 6 nitrogen and oxygen atoms in total. The SMILES string of the molecule is CCNC(=NCCCn1c(C)nc2ccccc21)N(C)CCC1CCOCC1. The first kappa shape index (κ1) is 20.6. The zero-order chi connectivity index (χ0) is 19.8. The lowest BCUT2D eigenvalue weighted by molar-refractivity contribution is 0.0625. The lowest BCUT2D eigenvalue weighted by Crippen LogP contribution is -2.40. The van der Waals surface area contributed by atoms with Crippen LogP contribution in [0.3, 0.4) is 0 Å². The van der Waals surface area contributed by atoms with Gasteiger partial charge in [0.25, 0.3) is 0 Å². The van der Waals surface area contributed by atoms with Crippen LogP contribution in [0.25, 0.3) is 11.0 Å². The van der Waals surface area contributed by atoms with Crippen LogP contribution in [0.15, 0.2) is 29.3 Å². The van der Waals surface area contributed by atoms with Gasteiger partial charge in [0.15, 0.2) is 5.96 Å². The first-order chi connectivity index (χ1) is 13.7. The van der Waals surface area contributed by atoms with Gasteiger partial charge in [-0.1, -0.05) is 12.1 Å². The molecule has 2 aromatic rings. The van der Waals surface area contributed by atoms with E-state index in [4.69, 9.17) is 9.73 Å². The van der Waals surface area contributed by atoms with Crippen molar-refractivity contribution >= 4 is 17.0 Å². The van der Waals surface area contributed by atoms with Crippen molar-refractivity contribution in [3.63, 3.8) is 0 Å². The highest BCUT2D eigenvalue weighted by Crippen LogP contribution is 2.18. The average Bonchev–Trinajstić information content (AvgIpc) is 3.04. The number of aryl methyl sites for hydroxylation is 2. The number of hydrogen-bond acceptors (Lipinski definition) is 3. The van der Waals surface area contributed by atoms with Crippen molar-refractivity contribution in [3.8, 4) is 0 Å². The van der Waals surface area contributed by atoms with E-state index in [1.807, 2.05) is 6.07 Å². The predicted octanol–water partition coefficient (Wildman–Crippen LogP) is 3.45. The topological polar surface area (TPSA) is 54.7 Å². The average molecular weight is 386 g/mol. The van der Waals surface area contributed by atoms with Crippen LogP contribution < -0.4 is 5.32 Å². The molecule has 0 unspecified atom stereocenters. The van der Waals surface area contributed by atoms with Crippen LogP contribution in [-0.2, 0) is 11.3 Å². The lowest BCUT2D eigenvalue weighted by atomic mass is 9.96. The van der Waals surface area contributed by atoms with Crippen molar-refractivity contribution in [2.75, 3.05) is 39.9 Å². The number of aliphatic imine (C=N–C) groups is 1. The zero-order valence-corrected chi connectivity index (χ0v) is 17.7. The number of imidazole rings is 1. The number of hydrogen-bond donors (Lipinski definition) is 1. The van der Waals surface area contributed by atoms with E-state index in [1.54, 1.807) is 0 Å². The fraction of sp³-hybridized carbons (Fsp3) is 0.636. The maximum Gasteiger partial charge on any atom is 0.193 e. The second kappa shape index (κ2) is 10.5. The molecule has 1 saturated heterocycles. The first-order valence-corrected chi connectivity index (χ1v) is 10.7. The predicted molar refractivity (Wildman–Crippen MR) is 116 cm³/mol. The molecule has 154 valence electrons. The van der Waals surface area contributed by atoms with Crippen LogP contribution in [0.4, 0.5) is 0 Å². The number of guanidine groups is 1. The number of para-hydroxylation sites is 2. The van der Waals surface area contributed by atoms with Gasteiger partial charge >= 0.3 is 0 Å². The van der Waals surface area contributed by atoms with Crippen LogP contribution in [0, 0.1) is 12.8 Å². The zero-order valence-electron chi connectivity index (χ0n) is 17.7. The molecule has 0 spiro atoms. The van der Waals surface area contributed by atoms with E-state index in [9.17, 15) is 0 Å². The summed E-state index contributed by atoms with van der Waals surface area (Å²) in [5, 5.41) is 3.44. The summed E-state index contributed by atoms with van der Waals surface area (Å²) in [7, 11) is 2.15. The van der Waals surface area contributed by atoms with Crippen molar-refractivity contribution < 1.29 is 4.74 Å². The Morgan fingerprint density at radius 1 is 1.32 bits per heavy atom. The van der Waals surface area contributed by atoms with Crippen molar-refractivity contribution in [3.05, 3.63) is 30.1 Å². The third kappa shape index (κ3) is 5.47. The lowest BCUT2D eigenvalue weighted by Gasteiger charge is -2.26. The van der Waals surface area contributed by atoms with Crippen molar-refractivity contribution in [1.29, 1.82) is 0 Å². The molecule has 0 saturated carbocycles. The molecule has 1 fully saturated rings. The van der Waals surface area contributed by atoms with Crippen molar-refractivity contribution in [2.24, 2.45) is 10.9 Å². The summed E-state index contributed by atoms with van der Waals surface area (Å²) in [6, 6.07) is 8.34. The summed E-state index contributed by atoms with van der Waals surface area (Å²) in [5.74, 6) is 2.88. The highest BCUT2D eigenvalue weighted by Gasteiger charge is 2.15. The van der Waals surface area contributed by atoms with Crippen LogP contribution in [0.2, 0.25) is 0 Å². The van der Waals surface area contributed by atoms with Gasteiger partial charge < -0.3 is 19.5 Å². The Bertz CT molecular complexity index is 763. The van der Waals surface area contributed by atoms with Crippen molar-refractivity contribution in [1.82, 2.24) is 19.8 Å². The van der Waals surface area contributed by atoms with E-state index in [0.29, 0.717) is 0 Å². The van der Waals surface area contributed by atoms with Crippen LogP contribution in [0.5, 0.6) is 0 Å². The van der Waals surface area contributed by atoms with Gasteiger partial charge in [-0.15, -0.1) is 0 Å². The molecule has 1 aromatic heterocycles. The maximum atomic E-state index is 5.47. The number of fused-ring (bicyclic) bond motifs is 1. The number of aromatic nitrogens is 2. The maximum absolute atomic E-state index is 5.47. The highest BCUT2D eigenvalue weighted by atomic mass is 16.5. The third-order valence-corrected chi connectivity index (χ3v) is 5.56. The summed E-state index contributed by atoms with van der Waals surface area (Å²) >= 11 is 0. The van der Waals surface area contributed by atoms with E-state index in [0.717, 1.165) is 69.0 Å². The molecule has 0 amide bonds. The molecule has 2 heterocycles. The molecular formula is C22H35N5O. The van der Waals surface area contributed by atoms with Crippen LogP contribution in [0.1, 0.15) is 38.4 Å². The Morgan fingerprint density at radius 2 is 2.11 bits per heavy atom. The molecule has 1 aliphatic heterocycles.